The van der Waals surface area contributed by atoms with E-state index in [1.54, 1.807) is 25.1 Å². The molecule has 1 saturated heterocycles. The Kier molecular flexibility index (Phi) is 6.00. The Morgan fingerprint density at radius 2 is 1.89 bits per heavy atom. The highest BCUT2D eigenvalue weighted by Gasteiger charge is 2.27. The Hall–Kier alpha value is -2.45. The zero-order chi connectivity index (χ0) is 20.3. The van der Waals surface area contributed by atoms with Crippen molar-refractivity contribution in [2.24, 2.45) is 0 Å². The van der Waals surface area contributed by atoms with Crippen molar-refractivity contribution in [1.29, 1.82) is 0 Å². The lowest BCUT2D eigenvalue weighted by molar-refractivity contribution is 0.0939. The van der Waals surface area contributed by atoms with Crippen LogP contribution in [0.2, 0.25) is 0 Å². The number of amides is 1. The molecule has 3 rings (SSSR count). The summed E-state index contributed by atoms with van der Waals surface area (Å²) in [6.07, 6.45) is 1.69. The molecule has 0 radical (unpaired) electrons. The summed E-state index contributed by atoms with van der Waals surface area (Å²) in [6.45, 7) is 2.72. The monoisotopic (exact) mass is 406 g/mol. The highest BCUT2D eigenvalue weighted by atomic mass is 32.2. The van der Waals surface area contributed by atoms with Crippen molar-refractivity contribution in [3.05, 3.63) is 59.4 Å². The molecule has 1 atom stereocenters. The van der Waals surface area contributed by atoms with Crippen molar-refractivity contribution >= 4 is 15.9 Å². The van der Waals surface area contributed by atoms with Crippen molar-refractivity contribution in [1.82, 2.24) is 9.62 Å². The van der Waals surface area contributed by atoms with Crippen LogP contribution < -0.4 is 10.1 Å². The average molecular weight is 406 g/mol. The highest BCUT2D eigenvalue weighted by molar-refractivity contribution is 7.89. The third-order valence-electron chi connectivity index (χ3n) is 4.82. The molecule has 0 bridgehead atoms. The van der Waals surface area contributed by atoms with Gasteiger partial charge in [-0.1, -0.05) is 12.1 Å². The van der Waals surface area contributed by atoms with Crippen molar-refractivity contribution in [3.63, 3.8) is 0 Å². The molecule has 0 saturated carbocycles. The van der Waals surface area contributed by atoms with E-state index in [9.17, 15) is 17.6 Å². The summed E-state index contributed by atoms with van der Waals surface area (Å²) in [4.78, 5) is 12.7. The minimum Gasteiger partial charge on any atom is -0.494 e. The van der Waals surface area contributed by atoms with E-state index < -0.39 is 27.8 Å². The molecule has 1 unspecified atom stereocenters. The summed E-state index contributed by atoms with van der Waals surface area (Å²) in [6, 6.07) is 9.98. The Balaban J connectivity index is 1.77. The van der Waals surface area contributed by atoms with Gasteiger partial charge in [0.05, 0.1) is 18.0 Å². The first kappa shape index (κ1) is 20.3. The predicted molar refractivity (Wildman–Crippen MR) is 103 cm³/mol. The van der Waals surface area contributed by atoms with E-state index in [1.165, 1.54) is 35.7 Å². The summed E-state index contributed by atoms with van der Waals surface area (Å²) in [5.41, 5.74) is 0.814. The molecule has 8 heteroatoms. The van der Waals surface area contributed by atoms with Crippen LogP contribution in [0.3, 0.4) is 0 Å². The van der Waals surface area contributed by atoms with Crippen LogP contribution in [0.5, 0.6) is 5.75 Å². The number of sulfonamides is 1. The molecule has 6 nitrogen and oxygen atoms in total. The van der Waals surface area contributed by atoms with Gasteiger partial charge >= 0.3 is 0 Å². The molecule has 150 valence electrons. The van der Waals surface area contributed by atoms with Crippen molar-refractivity contribution in [2.45, 2.75) is 30.7 Å². The molecule has 2 aromatic carbocycles. The molecule has 0 aromatic heterocycles. The van der Waals surface area contributed by atoms with Gasteiger partial charge in [0.1, 0.15) is 0 Å². The van der Waals surface area contributed by atoms with Gasteiger partial charge in [0, 0.05) is 18.7 Å². The van der Waals surface area contributed by atoms with Crippen LogP contribution in [0.25, 0.3) is 0 Å². The first-order valence-corrected chi connectivity index (χ1v) is 10.5. The van der Waals surface area contributed by atoms with E-state index in [0.717, 1.165) is 12.8 Å². The number of nitrogens with one attached hydrogen (secondary N) is 1. The number of methoxy groups -OCH3 is 1. The number of nitrogens with zero attached hydrogens (tertiary/aromatic N) is 1. The van der Waals surface area contributed by atoms with Crippen LogP contribution in [0.1, 0.15) is 41.7 Å². The molecular weight excluding hydrogens is 383 g/mol. The summed E-state index contributed by atoms with van der Waals surface area (Å²) < 4.78 is 45.6. The quantitative estimate of drug-likeness (QED) is 0.800. The van der Waals surface area contributed by atoms with Crippen LogP contribution in [0.4, 0.5) is 4.39 Å². The zero-order valence-corrected chi connectivity index (χ0v) is 16.6. The number of carbonyl (C=O) groups is 1. The fourth-order valence-electron chi connectivity index (χ4n) is 3.19. The van der Waals surface area contributed by atoms with E-state index in [2.05, 4.69) is 5.32 Å². The van der Waals surface area contributed by atoms with E-state index in [0.29, 0.717) is 18.7 Å². The Morgan fingerprint density at radius 3 is 2.54 bits per heavy atom. The molecule has 1 amide bonds. The SMILES string of the molecule is COc1ccc(C(C)NC(=O)c2cccc(S(=O)(=O)N3CCCC3)c2)cc1F. The number of rotatable bonds is 6. The minimum atomic E-state index is -3.60. The second kappa shape index (κ2) is 8.28. The lowest BCUT2D eigenvalue weighted by atomic mass is 10.1. The van der Waals surface area contributed by atoms with Gasteiger partial charge in [0.2, 0.25) is 10.0 Å². The van der Waals surface area contributed by atoms with Crippen molar-refractivity contribution in [2.75, 3.05) is 20.2 Å². The number of halogens is 1. The number of benzene rings is 2. The third-order valence-corrected chi connectivity index (χ3v) is 6.72. The predicted octanol–water partition coefficient (Wildman–Crippen LogP) is 3.11. The molecule has 1 heterocycles. The molecule has 1 fully saturated rings. The molecule has 1 aliphatic heterocycles. The zero-order valence-electron chi connectivity index (χ0n) is 15.8. The number of hydrogen-bond acceptors (Lipinski definition) is 4. The second-order valence-electron chi connectivity index (χ2n) is 6.73. The normalized spacial score (nSPS) is 16.0. The molecule has 28 heavy (non-hydrogen) atoms. The Labute approximate surface area is 164 Å². The van der Waals surface area contributed by atoms with Crippen LogP contribution >= 0.6 is 0 Å². The van der Waals surface area contributed by atoms with Crippen LogP contribution in [-0.4, -0.2) is 38.8 Å². The first-order chi connectivity index (χ1) is 13.3. The van der Waals surface area contributed by atoms with E-state index in [4.69, 9.17) is 4.74 Å². The fraction of sp³-hybridized carbons (Fsp3) is 0.350. The largest absolute Gasteiger partial charge is 0.494 e. The van der Waals surface area contributed by atoms with Crippen LogP contribution in [-0.2, 0) is 10.0 Å². The van der Waals surface area contributed by atoms with E-state index in [-0.39, 0.29) is 16.2 Å². The lowest BCUT2D eigenvalue weighted by Gasteiger charge is -2.17. The Morgan fingerprint density at radius 1 is 1.18 bits per heavy atom. The summed E-state index contributed by atoms with van der Waals surface area (Å²) >= 11 is 0. The van der Waals surface area contributed by atoms with Crippen molar-refractivity contribution in [3.8, 4) is 5.75 Å². The van der Waals surface area contributed by atoms with Gasteiger partial charge in [0.15, 0.2) is 11.6 Å². The molecule has 1 aliphatic rings. The average Bonchev–Trinajstić information content (AvgIpc) is 3.23. The third kappa shape index (κ3) is 4.18. The fourth-order valence-corrected chi connectivity index (χ4v) is 4.75. The first-order valence-electron chi connectivity index (χ1n) is 9.07. The topological polar surface area (TPSA) is 75.7 Å². The highest BCUT2D eigenvalue weighted by Crippen LogP contribution is 2.23. The maximum Gasteiger partial charge on any atom is 0.251 e. The molecule has 2 aromatic rings. The Bertz CT molecular complexity index is 972. The molecule has 0 spiro atoms. The van der Waals surface area contributed by atoms with Crippen molar-refractivity contribution < 1.29 is 22.3 Å². The van der Waals surface area contributed by atoms with Gasteiger partial charge in [-0.15, -0.1) is 0 Å². The number of ether oxygens (including phenoxy) is 1. The van der Waals surface area contributed by atoms with Gasteiger partial charge in [-0.3, -0.25) is 4.79 Å². The van der Waals surface area contributed by atoms with Gasteiger partial charge in [-0.05, 0) is 55.7 Å². The maximum atomic E-state index is 13.9. The second-order valence-corrected chi connectivity index (χ2v) is 8.67. The molecule has 0 aliphatic carbocycles. The number of carbonyl (C=O) groups excluding carboxylic acids is 1. The van der Waals surface area contributed by atoms with Gasteiger partial charge < -0.3 is 10.1 Å². The summed E-state index contributed by atoms with van der Waals surface area (Å²) in [5, 5.41) is 2.77. The van der Waals surface area contributed by atoms with Gasteiger partial charge in [0.25, 0.3) is 5.91 Å². The van der Waals surface area contributed by atoms with Gasteiger partial charge in [-0.25, -0.2) is 12.8 Å². The standard InChI is InChI=1S/C20H23FN2O4S/c1-14(15-8-9-19(27-2)18(21)13-15)22-20(24)16-6-5-7-17(12-16)28(25,26)23-10-3-4-11-23/h5-9,12-14H,3-4,10-11H2,1-2H3,(H,22,24). The number of hydrogen-bond donors (Lipinski definition) is 1. The van der Waals surface area contributed by atoms with Crippen LogP contribution in [0.15, 0.2) is 47.4 Å². The minimum absolute atomic E-state index is 0.102. The van der Waals surface area contributed by atoms with E-state index in [1.807, 2.05) is 0 Å². The summed E-state index contributed by atoms with van der Waals surface area (Å²) in [7, 11) is -2.22. The smallest absolute Gasteiger partial charge is 0.251 e. The van der Waals surface area contributed by atoms with Gasteiger partial charge in [-0.2, -0.15) is 4.31 Å². The van der Waals surface area contributed by atoms with Crippen LogP contribution in [0, 0.1) is 5.82 Å². The van der Waals surface area contributed by atoms with E-state index >= 15 is 0 Å². The molecular formula is C20H23FN2O4S. The maximum absolute atomic E-state index is 13.9. The summed E-state index contributed by atoms with van der Waals surface area (Å²) in [5.74, 6) is -0.816. The molecule has 1 N–H and O–H groups in total. The lowest BCUT2D eigenvalue weighted by Crippen LogP contribution is -2.29.